The number of nitrogens with zero attached hydrogens (tertiary/aromatic N) is 2. The molecule has 2 rings (SSSR count). The normalized spacial score (nSPS) is 15.9. The number of nitrogens with two attached hydrogens (primary N) is 1. The first-order valence-electron chi connectivity index (χ1n) is 6.79. The van der Waals surface area contributed by atoms with Gasteiger partial charge in [-0.05, 0) is 31.9 Å². The van der Waals surface area contributed by atoms with Gasteiger partial charge in [-0.3, -0.25) is 14.6 Å². The van der Waals surface area contributed by atoms with Crippen LogP contribution >= 0.6 is 0 Å². The number of carbonyl (C=O) groups excluding carboxylic acids is 2. The summed E-state index contributed by atoms with van der Waals surface area (Å²) < 4.78 is 5.04. The zero-order chi connectivity index (χ0) is 14.5. The molecule has 1 fully saturated rings. The topological polar surface area (TPSA) is 85.5 Å². The summed E-state index contributed by atoms with van der Waals surface area (Å²) >= 11 is 0. The number of pyridine rings is 1. The Bertz CT molecular complexity index is 496. The van der Waals surface area contributed by atoms with Gasteiger partial charge >= 0.3 is 5.97 Å². The second kappa shape index (κ2) is 6.36. The number of ether oxygens (including phenoxy) is 1. The van der Waals surface area contributed by atoms with Gasteiger partial charge in [-0.15, -0.1) is 0 Å². The first-order valence-corrected chi connectivity index (χ1v) is 6.79. The van der Waals surface area contributed by atoms with Crippen molar-refractivity contribution in [2.75, 3.05) is 24.6 Å². The maximum Gasteiger partial charge on any atom is 0.309 e. The van der Waals surface area contributed by atoms with Crippen LogP contribution in [-0.4, -0.2) is 36.6 Å². The lowest BCUT2D eigenvalue weighted by Crippen LogP contribution is -2.37. The minimum atomic E-state index is -0.534. The van der Waals surface area contributed by atoms with Gasteiger partial charge < -0.3 is 15.4 Å². The molecule has 0 unspecified atom stereocenters. The summed E-state index contributed by atoms with van der Waals surface area (Å²) in [6, 6.07) is 3.53. The molecule has 0 saturated carbocycles. The maximum atomic E-state index is 11.7. The van der Waals surface area contributed by atoms with Crippen molar-refractivity contribution in [3.05, 3.63) is 24.0 Å². The van der Waals surface area contributed by atoms with Gasteiger partial charge in [-0.25, -0.2) is 0 Å². The number of hydrogen-bond acceptors (Lipinski definition) is 5. The van der Waals surface area contributed by atoms with E-state index < -0.39 is 5.91 Å². The molecule has 0 aromatic carbocycles. The van der Waals surface area contributed by atoms with Crippen LogP contribution in [0.2, 0.25) is 0 Å². The number of primary amides is 1. The fraction of sp³-hybridized carbons (Fsp3) is 0.500. The van der Waals surface area contributed by atoms with Crippen LogP contribution in [-0.2, 0) is 9.53 Å². The zero-order valence-electron chi connectivity index (χ0n) is 11.5. The molecule has 1 aliphatic heterocycles. The molecule has 0 spiro atoms. The van der Waals surface area contributed by atoms with E-state index in [4.69, 9.17) is 10.5 Å². The molecule has 6 nitrogen and oxygen atoms in total. The Morgan fingerprint density at radius 2 is 2.15 bits per heavy atom. The largest absolute Gasteiger partial charge is 0.466 e. The smallest absolute Gasteiger partial charge is 0.309 e. The van der Waals surface area contributed by atoms with Crippen molar-refractivity contribution >= 4 is 17.6 Å². The van der Waals surface area contributed by atoms with E-state index >= 15 is 0 Å². The molecule has 0 radical (unpaired) electrons. The van der Waals surface area contributed by atoms with Crippen LogP contribution < -0.4 is 10.6 Å². The summed E-state index contributed by atoms with van der Waals surface area (Å²) in [5.41, 5.74) is 6.40. The fourth-order valence-electron chi connectivity index (χ4n) is 2.38. The Labute approximate surface area is 117 Å². The molecule has 6 heteroatoms. The van der Waals surface area contributed by atoms with E-state index in [0.29, 0.717) is 6.61 Å². The molecule has 1 aromatic rings. The van der Waals surface area contributed by atoms with Gasteiger partial charge in [0.1, 0.15) is 5.69 Å². The highest BCUT2D eigenvalue weighted by atomic mass is 16.5. The lowest BCUT2D eigenvalue weighted by Gasteiger charge is -2.32. The van der Waals surface area contributed by atoms with Crippen molar-refractivity contribution < 1.29 is 14.3 Å². The lowest BCUT2D eigenvalue weighted by molar-refractivity contribution is -0.148. The Morgan fingerprint density at radius 3 is 2.75 bits per heavy atom. The minimum absolute atomic E-state index is 0.0244. The molecule has 2 heterocycles. The molecule has 1 aromatic heterocycles. The van der Waals surface area contributed by atoms with Gasteiger partial charge in [0.2, 0.25) is 0 Å². The van der Waals surface area contributed by atoms with Gasteiger partial charge in [-0.1, -0.05) is 0 Å². The van der Waals surface area contributed by atoms with E-state index in [0.717, 1.165) is 31.6 Å². The highest BCUT2D eigenvalue weighted by Crippen LogP contribution is 2.24. The van der Waals surface area contributed by atoms with Crippen LogP contribution in [0.15, 0.2) is 18.3 Å². The summed E-state index contributed by atoms with van der Waals surface area (Å²) in [6.07, 6.45) is 3.09. The van der Waals surface area contributed by atoms with Gasteiger partial charge in [0, 0.05) is 25.0 Å². The maximum absolute atomic E-state index is 11.7. The third kappa shape index (κ3) is 3.26. The van der Waals surface area contributed by atoms with Crippen LogP contribution in [0.4, 0.5) is 5.69 Å². The first-order chi connectivity index (χ1) is 9.61. The third-order valence-electron chi connectivity index (χ3n) is 3.48. The second-order valence-electron chi connectivity index (χ2n) is 4.78. The van der Waals surface area contributed by atoms with E-state index in [-0.39, 0.29) is 17.6 Å². The van der Waals surface area contributed by atoms with E-state index in [1.54, 1.807) is 12.3 Å². The van der Waals surface area contributed by atoms with Crippen molar-refractivity contribution in [3.8, 4) is 0 Å². The molecule has 2 N–H and O–H groups in total. The van der Waals surface area contributed by atoms with Crippen molar-refractivity contribution in [2.24, 2.45) is 11.7 Å². The highest BCUT2D eigenvalue weighted by molar-refractivity contribution is 5.91. The van der Waals surface area contributed by atoms with Crippen molar-refractivity contribution in [1.82, 2.24) is 4.98 Å². The highest BCUT2D eigenvalue weighted by Gasteiger charge is 2.26. The molecule has 0 aliphatic carbocycles. The Morgan fingerprint density at radius 1 is 1.45 bits per heavy atom. The number of esters is 1. The molecule has 0 atom stereocenters. The zero-order valence-corrected chi connectivity index (χ0v) is 11.5. The summed E-state index contributed by atoms with van der Waals surface area (Å²) in [7, 11) is 0. The van der Waals surface area contributed by atoms with Gasteiger partial charge in [0.05, 0.1) is 12.5 Å². The number of piperidine rings is 1. The summed E-state index contributed by atoms with van der Waals surface area (Å²) in [4.78, 5) is 28.9. The number of anilines is 1. The number of carbonyl (C=O) groups is 2. The molecule has 0 bridgehead atoms. The number of hydrogen-bond donors (Lipinski definition) is 1. The molecule has 20 heavy (non-hydrogen) atoms. The van der Waals surface area contributed by atoms with E-state index in [2.05, 4.69) is 9.88 Å². The van der Waals surface area contributed by atoms with E-state index in [1.165, 1.54) is 0 Å². The van der Waals surface area contributed by atoms with Crippen LogP contribution in [0, 0.1) is 5.92 Å². The molecule has 1 aliphatic rings. The third-order valence-corrected chi connectivity index (χ3v) is 3.48. The average Bonchev–Trinajstić information content (AvgIpc) is 2.48. The lowest BCUT2D eigenvalue weighted by atomic mass is 9.96. The second-order valence-corrected chi connectivity index (χ2v) is 4.78. The summed E-state index contributed by atoms with van der Waals surface area (Å²) in [6.45, 7) is 3.75. The van der Waals surface area contributed by atoms with Crippen molar-refractivity contribution in [3.63, 3.8) is 0 Å². The Balaban J connectivity index is 1.98. The first kappa shape index (κ1) is 14.3. The standard InChI is InChI=1S/C14H19N3O3/c1-2-20-14(19)10-4-7-17(8-5-10)11-3-6-16-12(9-11)13(15)18/h3,6,9-10H,2,4-5,7-8H2,1H3,(H2,15,18). The predicted octanol–water partition coefficient (Wildman–Crippen LogP) is 0.960. The van der Waals surface area contributed by atoms with Gasteiger partial charge in [0.15, 0.2) is 0 Å². The SMILES string of the molecule is CCOC(=O)C1CCN(c2ccnc(C(N)=O)c2)CC1. The molecule has 1 saturated heterocycles. The van der Waals surface area contributed by atoms with Crippen molar-refractivity contribution in [1.29, 1.82) is 0 Å². The molecule has 108 valence electrons. The minimum Gasteiger partial charge on any atom is -0.466 e. The average molecular weight is 277 g/mol. The van der Waals surface area contributed by atoms with Crippen molar-refractivity contribution in [2.45, 2.75) is 19.8 Å². The quantitative estimate of drug-likeness (QED) is 0.828. The van der Waals surface area contributed by atoms with Crippen LogP contribution in [0.5, 0.6) is 0 Å². The van der Waals surface area contributed by atoms with Crippen LogP contribution in [0.1, 0.15) is 30.3 Å². The Kier molecular flexibility index (Phi) is 4.55. The van der Waals surface area contributed by atoms with E-state index in [1.807, 2.05) is 13.0 Å². The molecular weight excluding hydrogens is 258 g/mol. The van der Waals surface area contributed by atoms with Crippen LogP contribution in [0.3, 0.4) is 0 Å². The van der Waals surface area contributed by atoms with Gasteiger partial charge in [-0.2, -0.15) is 0 Å². The summed E-state index contributed by atoms with van der Waals surface area (Å²) in [5, 5.41) is 0. The Hall–Kier alpha value is -2.11. The number of aromatic nitrogens is 1. The van der Waals surface area contributed by atoms with E-state index in [9.17, 15) is 9.59 Å². The van der Waals surface area contributed by atoms with Crippen LogP contribution in [0.25, 0.3) is 0 Å². The molecular formula is C14H19N3O3. The van der Waals surface area contributed by atoms with Gasteiger partial charge in [0.25, 0.3) is 5.91 Å². The monoisotopic (exact) mass is 277 g/mol. The molecule has 1 amide bonds. The summed E-state index contributed by atoms with van der Waals surface area (Å²) in [5.74, 6) is -0.670. The predicted molar refractivity (Wildman–Crippen MR) is 74.3 cm³/mol. The number of amides is 1. The fourth-order valence-corrected chi connectivity index (χ4v) is 2.38. The number of rotatable bonds is 4.